The molecule has 0 aromatic rings. The van der Waals surface area contributed by atoms with Gasteiger partial charge in [0.2, 0.25) is 0 Å². The van der Waals surface area contributed by atoms with Crippen LogP contribution in [0.1, 0.15) is 78.1 Å². The molecular weight excluding hydrogens is 284 g/mol. The lowest BCUT2D eigenvalue weighted by atomic mass is 9.97. The number of hydrogen-bond donors (Lipinski definition) is 0. The van der Waals surface area contributed by atoms with Crippen molar-refractivity contribution in [3.05, 3.63) is 0 Å². The first kappa shape index (κ1) is 20.3. The molecule has 0 rings (SSSR count). The fourth-order valence-corrected chi connectivity index (χ4v) is 2.45. The Balaban J connectivity index is 3.56. The summed E-state index contributed by atoms with van der Waals surface area (Å²) >= 11 is 6.31. The molecule has 3 heteroatoms. The molecular formula is C18H31ClO2. The number of ether oxygens (including phenoxy) is 1. The molecule has 0 radical (unpaired) electrons. The minimum Gasteiger partial charge on any atom is -0.466 e. The maximum Gasteiger partial charge on any atom is 0.305 e. The van der Waals surface area contributed by atoms with Crippen molar-refractivity contribution in [2.75, 3.05) is 6.61 Å². The molecule has 21 heavy (non-hydrogen) atoms. The average molecular weight is 315 g/mol. The number of carbonyl (C=O) groups excluding carboxylic acids is 1. The maximum atomic E-state index is 11.6. The van der Waals surface area contributed by atoms with Crippen LogP contribution in [0.5, 0.6) is 0 Å². The third kappa shape index (κ3) is 12.8. The smallest absolute Gasteiger partial charge is 0.305 e. The monoisotopic (exact) mass is 314 g/mol. The molecule has 0 aliphatic rings. The van der Waals surface area contributed by atoms with Gasteiger partial charge in [-0.05, 0) is 31.6 Å². The minimum absolute atomic E-state index is 0.0277. The second-order valence-corrected chi connectivity index (χ2v) is 6.32. The van der Waals surface area contributed by atoms with Gasteiger partial charge in [0.25, 0.3) is 0 Å². The van der Waals surface area contributed by atoms with Gasteiger partial charge in [-0.15, -0.1) is 23.9 Å². The van der Waals surface area contributed by atoms with Gasteiger partial charge in [-0.3, -0.25) is 4.79 Å². The fraction of sp³-hybridized carbons (Fsp3) is 0.833. The highest BCUT2D eigenvalue weighted by Gasteiger charge is 2.16. The number of hydrogen-bond acceptors (Lipinski definition) is 2. The summed E-state index contributed by atoms with van der Waals surface area (Å²) in [6, 6.07) is 0. The first-order valence-electron chi connectivity index (χ1n) is 8.35. The van der Waals surface area contributed by atoms with Gasteiger partial charge in [0.1, 0.15) is 0 Å². The number of halogens is 1. The highest BCUT2D eigenvalue weighted by atomic mass is 35.5. The van der Waals surface area contributed by atoms with E-state index in [9.17, 15) is 4.79 Å². The summed E-state index contributed by atoms with van der Waals surface area (Å²) in [5.41, 5.74) is 0. The van der Waals surface area contributed by atoms with Crippen LogP contribution in [0.4, 0.5) is 0 Å². The lowest BCUT2D eigenvalue weighted by molar-refractivity contribution is -0.143. The lowest BCUT2D eigenvalue weighted by Gasteiger charge is -2.17. The average Bonchev–Trinajstić information content (AvgIpc) is 2.48. The summed E-state index contributed by atoms with van der Waals surface area (Å²) in [5.74, 6) is 2.91. The summed E-state index contributed by atoms with van der Waals surface area (Å²) in [5, 5.41) is 0.0277. The molecule has 0 fully saturated rings. The van der Waals surface area contributed by atoms with Crippen LogP contribution in [0.3, 0.4) is 0 Å². The summed E-state index contributed by atoms with van der Waals surface area (Å²) < 4.78 is 5.23. The van der Waals surface area contributed by atoms with E-state index in [0.29, 0.717) is 25.4 Å². The molecule has 0 amide bonds. The van der Waals surface area contributed by atoms with Crippen molar-refractivity contribution in [1.29, 1.82) is 0 Å². The summed E-state index contributed by atoms with van der Waals surface area (Å²) in [6.07, 6.45) is 15.0. The first-order chi connectivity index (χ1) is 10.1. The van der Waals surface area contributed by atoms with Crippen LogP contribution in [0.25, 0.3) is 0 Å². The first-order valence-corrected chi connectivity index (χ1v) is 8.78. The van der Waals surface area contributed by atoms with Crippen molar-refractivity contribution in [1.82, 2.24) is 0 Å². The van der Waals surface area contributed by atoms with Gasteiger partial charge in [0, 0.05) is 18.2 Å². The van der Waals surface area contributed by atoms with E-state index >= 15 is 0 Å². The van der Waals surface area contributed by atoms with Gasteiger partial charge in [-0.25, -0.2) is 0 Å². The molecule has 0 aliphatic heterocycles. The van der Waals surface area contributed by atoms with Gasteiger partial charge in [-0.1, -0.05) is 39.5 Å². The third-order valence-corrected chi connectivity index (χ3v) is 4.38. The van der Waals surface area contributed by atoms with E-state index in [2.05, 4.69) is 19.8 Å². The Kier molecular flexibility index (Phi) is 13.8. The van der Waals surface area contributed by atoms with E-state index in [4.69, 9.17) is 22.8 Å². The van der Waals surface area contributed by atoms with Gasteiger partial charge in [0.05, 0.1) is 6.61 Å². The standard InChI is InChI=1S/C18H31ClO2/c1-4-6-8-9-11-15-21-18(20)14-13-17(19)16(3)12-10-7-5-2/h2,16-17H,4,6-15H2,1,3H3. The van der Waals surface area contributed by atoms with Crippen LogP contribution in [0.2, 0.25) is 0 Å². The highest BCUT2D eigenvalue weighted by Crippen LogP contribution is 2.21. The molecule has 0 heterocycles. The molecule has 0 spiro atoms. The van der Waals surface area contributed by atoms with Crippen molar-refractivity contribution in [3.8, 4) is 12.3 Å². The second kappa shape index (κ2) is 14.3. The number of esters is 1. The quantitative estimate of drug-likeness (QED) is 0.199. The molecule has 0 saturated heterocycles. The molecule has 0 N–H and O–H groups in total. The number of rotatable bonds is 13. The van der Waals surface area contributed by atoms with Crippen LogP contribution < -0.4 is 0 Å². The molecule has 2 unspecified atom stereocenters. The van der Waals surface area contributed by atoms with Gasteiger partial charge >= 0.3 is 5.97 Å². The van der Waals surface area contributed by atoms with E-state index in [1.54, 1.807) is 0 Å². The number of carbonyl (C=O) groups is 1. The maximum absolute atomic E-state index is 11.6. The van der Waals surface area contributed by atoms with Crippen molar-refractivity contribution in [2.24, 2.45) is 5.92 Å². The van der Waals surface area contributed by atoms with Crippen molar-refractivity contribution in [3.63, 3.8) is 0 Å². The Morgan fingerprint density at radius 2 is 1.90 bits per heavy atom. The number of terminal acetylenes is 1. The SMILES string of the molecule is C#CCCCC(C)C(Cl)CCC(=O)OCCCCCCC. The van der Waals surface area contributed by atoms with E-state index in [1.807, 2.05) is 0 Å². The lowest BCUT2D eigenvalue weighted by Crippen LogP contribution is -2.15. The van der Waals surface area contributed by atoms with Crippen molar-refractivity contribution >= 4 is 17.6 Å². The predicted molar refractivity (Wildman–Crippen MR) is 90.4 cm³/mol. The van der Waals surface area contributed by atoms with Crippen LogP contribution in [0, 0.1) is 18.3 Å². The molecule has 2 nitrogen and oxygen atoms in total. The topological polar surface area (TPSA) is 26.3 Å². The molecule has 0 bridgehead atoms. The van der Waals surface area contributed by atoms with Crippen molar-refractivity contribution in [2.45, 2.75) is 83.4 Å². The van der Waals surface area contributed by atoms with Gasteiger partial charge in [-0.2, -0.15) is 0 Å². The second-order valence-electron chi connectivity index (χ2n) is 5.76. The van der Waals surface area contributed by atoms with Gasteiger partial charge in [0.15, 0.2) is 0 Å². The van der Waals surface area contributed by atoms with Crippen LogP contribution in [-0.2, 0) is 9.53 Å². The zero-order chi connectivity index (χ0) is 15.9. The predicted octanol–water partition coefficient (Wildman–Crippen LogP) is 5.33. The van der Waals surface area contributed by atoms with E-state index in [-0.39, 0.29) is 11.3 Å². The van der Waals surface area contributed by atoms with E-state index < -0.39 is 0 Å². The normalized spacial score (nSPS) is 13.4. The summed E-state index contributed by atoms with van der Waals surface area (Å²) in [7, 11) is 0. The van der Waals surface area contributed by atoms with Crippen LogP contribution in [0.15, 0.2) is 0 Å². The number of alkyl halides is 1. The largest absolute Gasteiger partial charge is 0.466 e. The zero-order valence-corrected chi connectivity index (χ0v) is 14.5. The van der Waals surface area contributed by atoms with Crippen molar-refractivity contribution < 1.29 is 9.53 Å². The van der Waals surface area contributed by atoms with E-state index in [0.717, 1.165) is 32.1 Å². The van der Waals surface area contributed by atoms with E-state index in [1.165, 1.54) is 19.3 Å². The molecule has 122 valence electrons. The molecule has 2 atom stereocenters. The Morgan fingerprint density at radius 1 is 1.19 bits per heavy atom. The van der Waals surface area contributed by atoms with Crippen LogP contribution in [-0.4, -0.2) is 18.0 Å². The van der Waals surface area contributed by atoms with Gasteiger partial charge < -0.3 is 4.74 Å². The Labute approximate surface area is 136 Å². The number of unbranched alkanes of at least 4 members (excludes halogenated alkanes) is 5. The van der Waals surface area contributed by atoms with Crippen LogP contribution >= 0.6 is 11.6 Å². The summed E-state index contributed by atoms with van der Waals surface area (Å²) in [6.45, 7) is 4.86. The Morgan fingerprint density at radius 3 is 2.57 bits per heavy atom. The summed E-state index contributed by atoms with van der Waals surface area (Å²) in [4.78, 5) is 11.6. The fourth-order valence-electron chi connectivity index (χ4n) is 2.21. The molecule has 0 aromatic carbocycles. The molecule has 0 aromatic heterocycles. The molecule has 0 aliphatic carbocycles. The Hall–Kier alpha value is -0.680. The molecule has 0 saturated carbocycles. The Bertz CT molecular complexity index is 296. The third-order valence-electron chi connectivity index (χ3n) is 3.73. The minimum atomic E-state index is -0.119. The highest BCUT2D eigenvalue weighted by molar-refractivity contribution is 6.20. The zero-order valence-electron chi connectivity index (χ0n) is 13.7.